The molecule has 1 amide bonds. The number of benzene rings is 1. The summed E-state index contributed by atoms with van der Waals surface area (Å²) in [7, 11) is 3.49. The van der Waals surface area contributed by atoms with Crippen LogP contribution in [-0.2, 0) is 11.3 Å². The second-order valence-corrected chi connectivity index (χ2v) is 4.87. The molecule has 0 aliphatic carbocycles. The third kappa shape index (κ3) is 3.05. The SMILES string of the molecule is CNC(=O)CN(C)c1c(CN)c(C)nn1-c1ccccc1. The molecule has 0 fully saturated rings. The van der Waals surface area contributed by atoms with Crippen molar-refractivity contribution < 1.29 is 4.79 Å². The molecule has 21 heavy (non-hydrogen) atoms. The number of nitrogens with two attached hydrogens (primary N) is 1. The maximum absolute atomic E-state index is 11.6. The lowest BCUT2D eigenvalue weighted by Crippen LogP contribution is -2.34. The van der Waals surface area contributed by atoms with Crippen LogP contribution in [0.2, 0.25) is 0 Å². The molecule has 0 saturated carbocycles. The quantitative estimate of drug-likeness (QED) is 0.853. The van der Waals surface area contributed by atoms with Gasteiger partial charge in [0, 0.05) is 26.2 Å². The van der Waals surface area contributed by atoms with Gasteiger partial charge in [0.1, 0.15) is 5.82 Å². The predicted molar refractivity (Wildman–Crippen MR) is 83.5 cm³/mol. The molecule has 1 aromatic carbocycles. The molecule has 0 aliphatic heterocycles. The summed E-state index contributed by atoms with van der Waals surface area (Å²) in [5.74, 6) is 0.795. The number of hydrogen-bond acceptors (Lipinski definition) is 4. The molecule has 2 aromatic rings. The molecule has 0 radical (unpaired) electrons. The number of carbonyl (C=O) groups is 1. The van der Waals surface area contributed by atoms with Gasteiger partial charge in [0.05, 0.1) is 17.9 Å². The molecule has 6 heteroatoms. The highest BCUT2D eigenvalue weighted by Gasteiger charge is 2.20. The van der Waals surface area contributed by atoms with E-state index in [0.717, 1.165) is 22.8 Å². The number of para-hydroxylation sites is 1. The number of likely N-dealkylation sites (N-methyl/N-ethyl adjacent to an activating group) is 2. The van der Waals surface area contributed by atoms with Crippen LogP contribution in [0.1, 0.15) is 11.3 Å². The molecule has 0 aliphatic rings. The number of nitrogens with one attached hydrogen (secondary N) is 1. The smallest absolute Gasteiger partial charge is 0.239 e. The van der Waals surface area contributed by atoms with Crippen LogP contribution in [0.5, 0.6) is 0 Å². The largest absolute Gasteiger partial charge is 0.358 e. The van der Waals surface area contributed by atoms with E-state index in [1.807, 2.05) is 53.9 Å². The van der Waals surface area contributed by atoms with Gasteiger partial charge in [0.15, 0.2) is 0 Å². The van der Waals surface area contributed by atoms with Gasteiger partial charge in [-0.2, -0.15) is 5.10 Å². The number of anilines is 1. The predicted octanol–water partition coefficient (Wildman–Crippen LogP) is 0.822. The van der Waals surface area contributed by atoms with Crippen molar-refractivity contribution in [3.8, 4) is 5.69 Å². The lowest BCUT2D eigenvalue weighted by Gasteiger charge is -2.21. The van der Waals surface area contributed by atoms with E-state index in [0.29, 0.717) is 6.54 Å². The Morgan fingerprint density at radius 3 is 2.62 bits per heavy atom. The van der Waals surface area contributed by atoms with Crippen LogP contribution in [0.15, 0.2) is 30.3 Å². The second kappa shape index (κ2) is 6.41. The van der Waals surface area contributed by atoms with E-state index in [-0.39, 0.29) is 12.5 Å². The number of nitrogens with zero attached hydrogens (tertiary/aromatic N) is 3. The lowest BCUT2D eigenvalue weighted by atomic mass is 10.2. The number of hydrogen-bond donors (Lipinski definition) is 2. The number of aryl methyl sites for hydroxylation is 1. The van der Waals surface area contributed by atoms with E-state index < -0.39 is 0 Å². The van der Waals surface area contributed by atoms with Crippen molar-refractivity contribution in [3.63, 3.8) is 0 Å². The highest BCUT2D eigenvalue weighted by molar-refractivity contribution is 5.81. The van der Waals surface area contributed by atoms with Crippen molar-refractivity contribution in [3.05, 3.63) is 41.6 Å². The Kier molecular flexibility index (Phi) is 4.59. The molecular weight excluding hydrogens is 266 g/mol. The zero-order valence-electron chi connectivity index (χ0n) is 12.6. The van der Waals surface area contributed by atoms with Crippen LogP contribution in [-0.4, -0.2) is 36.3 Å². The van der Waals surface area contributed by atoms with Crippen LogP contribution in [0.3, 0.4) is 0 Å². The summed E-state index contributed by atoms with van der Waals surface area (Å²) < 4.78 is 1.83. The zero-order valence-corrected chi connectivity index (χ0v) is 12.6. The van der Waals surface area contributed by atoms with Crippen LogP contribution in [0, 0.1) is 6.92 Å². The third-order valence-corrected chi connectivity index (χ3v) is 3.38. The molecule has 0 unspecified atom stereocenters. The van der Waals surface area contributed by atoms with Gasteiger partial charge in [-0.25, -0.2) is 4.68 Å². The minimum absolute atomic E-state index is 0.0565. The van der Waals surface area contributed by atoms with Gasteiger partial charge in [0.25, 0.3) is 0 Å². The van der Waals surface area contributed by atoms with E-state index in [1.165, 1.54) is 0 Å². The molecule has 2 rings (SSSR count). The van der Waals surface area contributed by atoms with Crippen molar-refractivity contribution in [2.75, 3.05) is 25.5 Å². The Hall–Kier alpha value is -2.34. The molecule has 0 bridgehead atoms. The van der Waals surface area contributed by atoms with Gasteiger partial charge in [-0.05, 0) is 19.1 Å². The average molecular weight is 287 g/mol. The summed E-state index contributed by atoms with van der Waals surface area (Å²) in [5, 5.41) is 7.20. The van der Waals surface area contributed by atoms with Gasteiger partial charge in [-0.3, -0.25) is 4.79 Å². The van der Waals surface area contributed by atoms with Gasteiger partial charge in [0.2, 0.25) is 5.91 Å². The highest BCUT2D eigenvalue weighted by atomic mass is 16.1. The Labute approximate surface area is 124 Å². The summed E-state index contributed by atoms with van der Waals surface area (Å²) in [4.78, 5) is 13.5. The summed E-state index contributed by atoms with van der Waals surface area (Å²) in [6.07, 6.45) is 0. The van der Waals surface area contributed by atoms with Crippen LogP contribution in [0.25, 0.3) is 5.69 Å². The van der Waals surface area contributed by atoms with Crippen molar-refractivity contribution in [2.24, 2.45) is 5.73 Å². The molecule has 1 aromatic heterocycles. The molecule has 6 nitrogen and oxygen atoms in total. The first-order valence-corrected chi connectivity index (χ1v) is 6.84. The van der Waals surface area contributed by atoms with Gasteiger partial charge < -0.3 is 16.0 Å². The fraction of sp³-hybridized carbons (Fsp3) is 0.333. The van der Waals surface area contributed by atoms with E-state index >= 15 is 0 Å². The van der Waals surface area contributed by atoms with Gasteiger partial charge >= 0.3 is 0 Å². The molecule has 112 valence electrons. The minimum atomic E-state index is -0.0565. The number of amides is 1. The number of aromatic nitrogens is 2. The molecule has 0 spiro atoms. The fourth-order valence-corrected chi connectivity index (χ4v) is 2.30. The standard InChI is InChI=1S/C15H21N5O/c1-11-13(9-16)15(19(3)10-14(21)17-2)20(18-11)12-7-5-4-6-8-12/h4-8H,9-10,16H2,1-3H3,(H,17,21). The minimum Gasteiger partial charge on any atom is -0.358 e. The molecule has 0 saturated heterocycles. The van der Waals surface area contributed by atoms with Crippen LogP contribution < -0.4 is 16.0 Å². The number of rotatable bonds is 5. The zero-order chi connectivity index (χ0) is 15.4. The average Bonchev–Trinajstić information content (AvgIpc) is 2.84. The van der Waals surface area contributed by atoms with Crippen molar-refractivity contribution in [2.45, 2.75) is 13.5 Å². The highest BCUT2D eigenvalue weighted by Crippen LogP contribution is 2.26. The Bertz CT molecular complexity index is 620. The van der Waals surface area contributed by atoms with Crippen molar-refractivity contribution in [1.29, 1.82) is 0 Å². The van der Waals surface area contributed by atoms with E-state index in [1.54, 1.807) is 7.05 Å². The Morgan fingerprint density at radius 1 is 1.38 bits per heavy atom. The number of carbonyl (C=O) groups excluding carboxylic acids is 1. The third-order valence-electron chi connectivity index (χ3n) is 3.38. The Balaban J connectivity index is 2.49. The molecule has 3 N–H and O–H groups in total. The first kappa shape index (κ1) is 15.1. The van der Waals surface area contributed by atoms with E-state index in [4.69, 9.17) is 5.73 Å². The van der Waals surface area contributed by atoms with Gasteiger partial charge in [-0.15, -0.1) is 0 Å². The lowest BCUT2D eigenvalue weighted by molar-refractivity contribution is -0.119. The maximum atomic E-state index is 11.6. The first-order chi connectivity index (χ1) is 10.1. The summed E-state index contributed by atoms with van der Waals surface area (Å²) >= 11 is 0. The Morgan fingerprint density at radius 2 is 2.05 bits per heavy atom. The maximum Gasteiger partial charge on any atom is 0.239 e. The molecule has 1 heterocycles. The van der Waals surface area contributed by atoms with Gasteiger partial charge in [-0.1, -0.05) is 18.2 Å². The molecule has 0 atom stereocenters. The summed E-state index contributed by atoms with van der Waals surface area (Å²) in [5.41, 5.74) is 8.63. The molecular formula is C15H21N5O. The normalized spacial score (nSPS) is 10.5. The monoisotopic (exact) mass is 287 g/mol. The first-order valence-electron chi connectivity index (χ1n) is 6.84. The van der Waals surface area contributed by atoms with Crippen molar-refractivity contribution >= 4 is 11.7 Å². The second-order valence-electron chi connectivity index (χ2n) is 4.87. The van der Waals surface area contributed by atoms with E-state index in [9.17, 15) is 4.79 Å². The summed E-state index contributed by atoms with van der Waals surface area (Å²) in [6, 6.07) is 9.82. The van der Waals surface area contributed by atoms with Crippen molar-refractivity contribution in [1.82, 2.24) is 15.1 Å². The van der Waals surface area contributed by atoms with Crippen LogP contribution in [0.4, 0.5) is 5.82 Å². The summed E-state index contributed by atoms with van der Waals surface area (Å²) in [6.45, 7) is 2.56. The topological polar surface area (TPSA) is 76.2 Å². The fourth-order valence-electron chi connectivity index (χ4n) is 2.30. The van der Waals surface area contributed by atoms with E-state index in [2.05, 4.69) is 10.4 Å². The van der Waals surface area contributed by atoms with Crippen LogP contribution >= 0.6 is 0 Å².